The van der Waals surface area contributed by atoms with Gasteiger partial charge in [0, 0.05) is 18.0 Å². The Hall–Kier alpha value is -1.24. The van der Waals surface area contributed by atoms with Crippen molar-refractivity contribution in [3.63, 3.8) is 0 Å². The quantitative estimate of drug-likeness (QED) is 0.677. The van der Waals surface area contributed by atoms with Gasteiger partial charge in [-0.15, -0.1) is 10.2 Å². The molecule has 1 aromatic rings. The van der Waals surface area contributed by atoms with Crippen molar-refractivity contribution < 1.29 is 4.79 Å². The fourth-order valence-corrected chi connectivity index (χ4v) is 3.85. The van der Waals surface area contributed by atoms with Gasteiger partial charge in [-0.25, -0.2) is 4.68 Å². The standard InChI is InChI=1S/C14H23N5OS/c1-9-4-3-5-10(2)18(9)12(20)8-21-14-17-16-13(19(14)15)11-6-7-11/h9-11H,3-8,15H2,1-2H3/t9-,10-/m0/s1. The number of aromatic nitrogens is 3. The zero-order chi connectivity index (χ0) is 15.0. The average molecular weight is 309 g/mol. The van der Waals surface area contributed by atoms with E-state index >= 15 is 0 Å². The molecule has 0 spiro atoms. The van der Waals surface area contributed by atoms with Crippen LogP contribution in [0.15, 0.2) is 5.16 Å². The van der Waals surface area contributed by atoms with Gasteiger partial charge < -0.3 is 10.7 Å². The van der Waals surface area contributed by atoms with Crippen LogP contribution < -0.4 is 5.84 Å². The predicted octanol–water partition coefficient (Wildman–Crippen LogP) is 1.75. The van der Waals surface area contributed by atoms with Crippen LogP contribution in [0.3, 0.4) is 0 Å². The molecule has 2 fully saturated rings. The second kappa shape index (κ2) is 5.87. The summed E-state index contributed by atoms with van der Waals surface area (Å²) in [6, 6.07) is 0.666. The Bertz CT molecular complexity index is 517. The maximum absolute atomic E-state index is 12.5. The SMILES string of the molecule is C[C@H]1CCC[C@H](C)N1C(=O)CSc1nnc(C2CC2)n1N. The molecular formula is C14H23N5OS. The van der Waals surface area contributed by atoms with E-state index in [-0.39, 0.29) is 5.91 Å². The van der Waals surface area contributed by atoms with Crippen LogP contribution in [0.4, 0.5) is 0 Å². The molecule has 3 rings (SSSR count). The number of likely N-dealkylation sites (tertiary alicyclic amines) is 1. The van der Waals surface area contributed by atoms with Crippen LogP contribution in [0.25, 0.3) is 0 Å². The molecule has 2 N–H and O–H groups in total. The van der Waals surface area contributed by atoms with Crippen molar-refractivity contribution in [2.75, 3.05) is 11.6 Å². The van der Waals surface area contributed by atoms with Crippen molar-refractivity contribution in [2.45, 2.75) is 69.1 Å². The summed E-state index contributed by atoms with van der Waals surface area (Å²) in [5.41, 5.74) is 0. The van der Waals surface area contributed by atoms with Gasteiger partial charge in [-0.1, -0.05) is 11.8 Å². The highest BCUT2D eigenvalue weighted by Crippen LogP contribution is 2.39. The maximum Gasteiger partial charge on any atom is 0.233 e. The summed E-state index contributed by atoms with van der Waals surface area (Å²) < 4.78 is 1.55. The summed E-state index contributed by atoms with van der Waals surface area (Å²) in [6.07, 6.45) is 5.68. The minimum atomic E-state index is 0.177. The maximum atomic E-state index is 12.5. The Kier molecular flexibility index (Phi) is 4.10. The zero-order valence-corrected chi connectivity index (χ0v) is 13.5. The molecule has 116 valence electrons. The Labute approximate surface area is 129 Å². The second-order valence-electron chi connectivity index (χ2n) is 6.20. The van der Waals surface area contributed by atoms with Crippen molar-refractivity contribution in [1.82, 2.24) is 19.8 Å². The highest BCUT2D eigenvalue weighted by Gasteiger charge is 2.31. The Morgan fingerprint density at radius 2 is 1.90 bits per heavy atom. The summed E-state index contributed by atoms with van der Waals surface area (Å²) in [7, 11) is 0. The Morgan fingerprint density at radius 1 is 1.24 bits per heavy atom. The van der Waals surface area contributed by atoms with Gasteiger partial charge in [-0.05, 0) is 46.0 Å². The van der Waals surface area contributed by atoms with Crippen molar-refractivity contribution in [3.8, 4) is 0 Å². The highest BCUT2D eigenvalue weighted by molar-refractivity contribution is 7.99. The molecule has 2 aliphatic rings. The van der Waals surface area contributed by atoms with Gasteiger partial charge >= 0.3 is 0 Å². The third-order valence-electron chi connectivity index (χ3n) is 4.44. The zero-order valence-electron chi connectivity index (χ0n) is 12.7. The summed E-state index contributed by atoms with van der Waals surface area (Å²) in [5, 5.41) is 8.89. The van der Waals surface area contributed by atoms with E-state index in [0.29, 0.717) is 28.9 Å². The van der Waals surface area contributed by atoms with Gasteiger partial charge in [-0.2, -0.15) is 0 Å². The molecule has 0 aromatic carbocycles. The third kappa shape index (κ3) is 3.02. The number of rotatable bonds is 4. The van der Waals surface area contributed by atoms with E-state index in [1.54, 1.807) is 4.68 Å². The first kappa shape index (κ1) is 14.7. The Morgan fingerprint density at radius 3 is 2.52 bits per heavy atom. The molecule has 0 radical (unpaired) electrons. The summed E-state index contributed by atoms with van der Waals surface area (Å²) in [5.74, 6) is 7.89. The first-order valence-corrected chi connectivity index (χ1v) is 8.71. The van der Waals surface area contributed by atoms with Crippen LogP contribution in [-0.2, 0) is 4.79 Å². The largest absolute Gasteiger partial charge is 0.337 e. The van der Waals surface area contributed by atoms with E-state index in [2.05, 4.69) is 24.0 Å². The van der Waals surface area contributed by atoms with Gasteiger partial charge in [0.1, 0.15) is 0 Å². The summed E-state index contributed by atoms with van der Waals surface area (Å²) >= 11 is 1.39. The van der Waals surface area contributed by atoms with Gasteiger partial charge in [0.05, 0.1) is 5.75 Å². The molecule has 7 heteroatoms. The predicted molar refractivity (Wildman–Crippen MR) is 82.5 cm³/mol. The molecule has 1 aliphatic heterocycles. The minimum absolute atomic E-state index is 0.177. The molecule has 6 nitrogen and oxygen atoms in total. The normalized spacial score (nSPS) is 26.1. The van der Waals surface area contributed by atoms with Gasteiger partial charge in [-0.3, -0.25) is 4.79 Å². The lowest BCUT2D eigenvalue weighted by Crippen LogP contribution is -2.48. The molecule has 1 saturated carbocycles. The first-order valence-electron chi connectivity index (χ1n) is 7.72. The monoisotopic (exact) mass is 309 g/mol. The second-order valence-corrected chi connectivity index (χ2v) is 7.15. The van der Waals surface area contributed by atoms with Gasteiger partial charge in [0.25, 0.3) is 0 Å². The van der Waals surface area contributed by atoms with E-state index in [4.69, 9.17) is 5.84 Å². The molecule has 1 amide bonds. The summed E-state index contributed by atoms with van der Waals surface area (Å²) in [6.45, 7) is 4.27. The molecule has 0 bridgehead atoms. The minimum Gasteiger partial charge on any atom is -0.337 e. The molecule has 1 aliphatic carbocycles. The van der Waals surface area contributed by atoms with E-state index in [1.807, 2.05) is 4.90 Å². The van der Waals surface area contributed by atoms with E-state index in [9.17, 15) is 4.79 Å². The van der Waals surface area contributed by atoms with Crippen LogP contribution in [0.1, 0.15) is 57.7 Å². The van der Waals surface area contributed by atoms with Crippen LogP contribution >= 0.6 is 11.8 Å². The first-order chi connectivity index (χ1) is 10.1. The lowest BCUT2D eigenvalue weighted by atomic mass is 9.98. The highest BCUT2D eigenvalue weighted by atomic mass is 32.2. The number of carbonyl (C=O) groups is 1. The topological polar surface area (TPSA) is 77.0 Å². The molecule has 0 unspecified atom stereocenters. The molecule has 1 aromatic heterocycles. The number of hydrogen-bond acceptors (Lipinski definition) is 5. The van der Waals surface area contributed by atoms with Crippen molar-refractivity contribution in [2.24, 2.45) is 0 Å². The molecule has 2 heterocycles. The molecular weight excluding hydrogens is 286 g/mol. The number of thioether (sulfide) groups is 1. The van der Waals surface area contributed by atoms with Gasteiger partial charge in [0.2, 0.25) is 11.1 Å². The average Bonchev–Trinajstić information content (AvgIpc) is 3.21. The fraction of sp³-hybridized carbons (Fsp3) is 0.786. The number of nitrogen functional groups attached to an aromatic ring is 1. The Balaban J connectivity index is 1.60. The number of carbonyl (C=O) groups excluding carboxylic acids is 1. The van der Waals surface area contributed by atoms with Crippen LogP contribution in [-0.4, -0.2) is 43.5 Å². The lowest BCUT2D eigenvalue weighted by molar-refractivity contribution is -0.134. The van der Waals surface area contributed by atoms with Crippen LogP contribution in [0, 0.1) is 0 Å². The van der Waals surface area contributed by atoms with Gasteiger partial charge in [0.15, 0.2) is 5.82 Å². The van der Waals surface area contributed by atoms with Crippen molar-refractivity contribution in [1.29, 1.82) is 0 Å². The number of nitrogens with zero attached hydrogens (tertiary/aromatic N) is 4. The van der Waals surface area contributed by atoms with E-state index in [1.165, 1.54) is 18.2 Å². The fourth-order valence-electron chi connectivity index (χ4n) is 3.12. The number of hydrogen-bond donors (Lipinski definition) is 1. The van der Waals surface area contributed by atoms with Crippen molar-refractivity contribution >= 4 is 17.7 Å². The van der Waals surface area contributed by atoms with Crippen LogP contribution in [0.5, 0.6) is 0 Å². The van der Waals surface area contributed by atoms with E-state index in [0.717, 1.165) is 31.5 Å². The molecule has 2 atom stereocenters. The van der Waals surface area contributed by atoms with Crippen molar-refractivity contribution in [3.05, 3.63) is 5.82 Å². The summed E-state index contributed by atoms with van der Waals surface area (Å²) in [4.78, 5) is 14.5. The lowest BCUT2D eigenvalue weighted by Gasteiger charge is -2.39. The number of piperidine rings is 1. The smallest absolute Gasteiger partial charge is 0.233 e. The van der Waals surface area contributed by atoms with Crippen LogP contribution in [0.2, 0.25) is 0 Å². The number of amides is 1. The molecule has 1 saturated heterocycles. The number of nitrogens with two attached hydrogens (primary N) is 1. The van der Waals surface area contributed by atoms with E-state index < -0.39 is 0 Å². The third-order valence-corrected chi connectivity index (χ3v) is 5.37. The molecule has 21 heavy (non-hydrogen) atoms.